The predicted molar refractivity (Wildman–Crippen MR) is 204 cm³/mol. The molecule has 6 heterocycles. The number of likely N-dealkylation sites (N-methyl/N-ethyl adjacent to an activating group) is 1. The van der Waals surface area contributed by atoms with Gasteiger partial charge in [0.25, 0.3) is 0 Å². The SMILES string of the molecule is C=CC(=O)N1C[C@H](C)n2nc(-c3nc(-c4cnc5c(c4)[C@@H](C)N(CC(=O)N(C)C)CC5)c4ccsc4c3-c3c(F)cc(F)cc3OCCOC)cc2[C@H]1C. The van der Waals surface area contributed by atoms with Crippen LogP contribution in [0.2, 0.25) is 0 Å². The average Bonchev–Trinajstić information content (AvgIpc) is 3.83. The van der Waals surface area contributed by atoms with Gasteiger partial charge in [0.05, 0.1) is 42.2 Å². The molecule has 11 nitrogen and oxygen atoms in total. The highest BCUT2D eigenvalue weighted by molar-refractivity contribution is 7.18. The Hall–Kier alpha value is -5.05. The van der Waals surface area contributed by atoms with Gasteiger partial charge in [0, 0.05) is 92.0 Å². The van der Waals surface area contributed by atoms with Gasteiger partial charge in [-0.1, -0.05) is 6.58 Å². The summed E-state index contributed by atoms with van der Waals surface area (Å²) in [5, 5.41) is 7.72. The highest BCUT2D eigenvalue weighted by atomic mass is 32.1. The quantitative estimate of drug-likeness (QED) is 0.113. The fourth-order valence-corrected chi connectivity index (χ4v) is 8.40. The second-order valence-electron chi connectivity index (χ2n) is 14.0. The molecule has 0 saturated heterocycles. The molecule has 2 aliphatic heterocycles. The molecule has 0 fully saturated rings. The van der Waals surface area contributed by atoms with E-state index in [-0.39, 0.29) is 54.5 Å². The van der Waals surface area contributed by atoms with E-state index in [1.807, 2.05) is 42.2 Å². The van der Waals surface area contributed by atoms with Gasteiger partial charge < -0.3 is 19.3 Å². The minimum Gasteiger partial charge on any atom is -0.490 e. The first-order valence-corrected chi connectivity index (χ1v) is 18.8. The maximum Gasteiger partial charge on any atom is 0.246 e. The molecular formula is C40H43F2N7O4S. The molecule has 3 atom stereocenters. The number of amides is 2. The molecule has 0 N–H and O–H groups in total. The molecule has 1 aromatic carbocycles. The maximum atomic E-state index is 16.3. The van der Waals surface area contributed by atoms with E-state index in [0.717, 1.165) is 34.0 Å². The van der Waals surface area contributed by atoms with Crippen molar-refractivity contribution in [2.75, 3.05) is 54.1 Å². The molecule has 0 saturated carbocycles. The van der Waals surface area contributed by atoms with Crippen molar-refractivity contribution in [3.63, 3.8) is 0 Å². The standard InChI is InChI=1S/C40H43F2N7O4S/c1-8-34(50)48-20-22(2)49-32(24(48)4)18-31(45-49)39-37(36-29(42)16-26(41)17-33(36)53-13-12-52-7)40-27(10-14-54-40)38(44-39)25-15-28-23(3)47(21-35(51)46(5)6)11-9-30(28)43-19-25/h8,10,14-19,22-24H,1,9,11-13,20-21H2,2-7H3/t22-,23+,24+/m0/s1. The van der Waals surface area contributed by atoms with E-state index in [2.05, 4.69) is 24.5 Å². The molecule has 2 aliphatic rings. The summed E-state index contributed by atoms with van der Waals surface area (Å²) in [5.74, 6) is -1.73. The van der Waals surface area contributed by atoms with Gasteiger partial charge in [-0.25, -0.2) is 13.8 Å². The highest BCUT2D eigenvalue weighted by Crippen LogP contribution is 2.48. The van der Waals surface area contributed by atoms with Crippen molar-refractivity contribution in [1.82, 2.24) is 34.4 Å². The van der Waals surface area contributed by atoms with Crippen molar-refractivity contribution in [1.29, 1.82) is 0 Å². The van der Waals surface area contributed by atoms with Crippen LogP contribution >= 0.6 is 11.3 Å². The molecule has 0 radical (unpaired) electrons. The number of aromatic nitrogens is 4. The van der Waals surface area contributed by atoms with Crippen LogP contribution in [0.1, 0.15) is 55.8 Å². The van der Waals surface area contributed by atoms with Gasteiger partial charge in [0.1, 0.15) is 35.4 Å². The van der Waals surface area contributed by atoms with Gasteiger partial charge in [-0.3, -0.25) is 24.2 Å². The first kappa shape index (κ1) is 37.3. The van der Waals surface area contributed by atoms with Crippen LogP contribution in [0.15, 0.2) is 54.6 Å². The Bertz CT molecular complexity index is 2270. The first-order chi connectivity index (χ1) is 25.9. The number of carbonyl (C=O) groups excluding carboxylic acids is 2. The number of pyridine rings is 2. The fourth-order valence-electron chi connectivity index (χ4n) is 7.45. The van der Waals surface area contributed by atoms with Gasteiger partial charge in [-0.05, 0) is 56.0 Å². The number of benzene rings is 1. The lowest BCUT2D eigenvalue weighted by Crippen LogP contribution is -2.42. The maximum absolute atomic E-state index is 16.3. The number of halogens is 2. The van der Waals surface area contributed by atoms with E-state index in [0.29, 0.717) is 53.4 Å². The van der Waals surface area contributed by atoms with Crippen molar-refractivity contribution in [3.05, 3.63) is 83.1 Å². The third-order valence-corrected chi connectivity index (χ3v) is 11.3. The lowest BCUT2D eigenvalue weighted by molar-refractivity contribution is -0.131. The van der Waals surface area contributed by atoms with Crippen LogP contribution < -0.4 is 4.74 Å². The van der Waals surface area contributed by atoms with Crippen LogP contribution in [-0.4, -0.2) is 100 Å². The van der Waals surface area contributed by atoms with Crippen LogP contribution in [0.4, 0.5) is 8.78 Å². The number of hydrogen-bond acceptors (Lipinski definition) is 9. The van der Waals surface area contributed by atoms with Gasteiger partial charge in [-0.15, -0.1) is 11.3 Å². The van der Waals surface area contributed by atoms with Crippen molar-refractivity contribution in [2.45, 2.75) is 45.3 Å². The number of methoxy groups -OCH3 is 1. The molecular weight excluding hydrogens is 713 g/mol. The Kier molecular flexibility index (Phi) is 10.4. The Morgan fingerprint density at radius 3 is 2.61 bits per heavy atom. The molecule has 2 amide bonds. The Morgan fingerprint density at radius 2 is 1.87 bits per heavy atom. The summed E-state index contributed by atoms with van der Waals surface area (Å²) in [5.41, 5.74) is 5.43. The number of fused-ring (bicyclic) bond motifs is 3. The van der Waals surface area contributed by atoms with Crippen molar-refractivity contribution < 1.29 is 27.8 Å². The van der Waals surface area contributed by atoms with Crippen LogP contribution in [0.25, 0.3) is 43.9 Å². The van der Waals surface area contributed by atoms with E-state index in [4.69, 9.17) is 24.5 Å². The Balaban J connectivity index is 1.45. The summed E-state index contributed by atoms with van der Waals surface area (Å²) < 4.78 is 44.9. The fraction of sp³-hybridized carbons (Fsp3) is 0.375. The zero-order valence-corrected chi connectivity index (χ0v) is 32.0. The normalized spacial score (nSPS) is 18.4. The molecule has 5 aromatic rings. The molecule has 0 bridgehead atoms. The van der Waals surface area contributed by atoms with Crippen molar-refractivity contribution >= 4 is 33.2 Å². The van der Waals surface area contributed by atoms with Gasteiger partial charge in [0.2, 0.25) is 11.8 Å². The average molecular weight is 756 g/mol. The molecule has 282 valence electrons. The molecule has 0 aliphatic carbocycles. The monoisotopic (exact) mass is 755 g/mol. The second kappa shape index (κ2) is 15.0. The zero-order chi connectivity index (χ0) is 38.4. The van der Waals surface area contributed by atoms with Gasteiger partial charge in [0.15, 0.2) is 0 Å². The van der Waals surface area contributed by atoms with Gasteiger partial charge in [-0.2, -0.15) is 5.10 Å². The number of hydrogen-bond donors (Lipinski definition) is 0. The zero-order valence-electron chi connectivity index (χ0n) is 31.2. The third kappa shape index (κ3) is 6.67. The van der Waals surface area contributed by atoms with E-state index >= 15 is 4.39 Å². The summed E-state index contributed by atoms with van der Waals surface area (Å²) in [6.07, 6.45) is 3.82. The highest BCUT2D eigenvalue weighted by Gasteiger charge is 2.34. The van der Waals surface area contributed by atoms with Crippen LogP contribution in [0, 0.1) is 11.6 Å². The number of ether oxygens (including phenoxy) is 2. The van der Waals surface area contributed by atoms with E-state index in [1.165, 1.54) is 30.6 Å². The molecule has 14 heteroatoms. The van der Waals surface area contributed by atoms with E-state index in [1.54, 1.807) is 23.9 Å². The van der Waals surface area contributed by atoms with E-state index in [9.17, 15) is 14.0 Å². The van der Waals surface area contributed by atoms with E-state index < -0.39 is 11.6 Å². The minimum atomic E-state index is -0.807. The molecule has 4 aromatic heterocycles. The summed E-state index contributed by atoms with van der Waals surface area (Å²) in [7, 11) is 5.03. The Morgan fingerprint density at radius 1 is 1.07 bits per heavy atom. The largest absolute Gasteiger partial charge is 0.490 e. The summed E-state index contributed by atoms with van der Waals surface area (Å²) in [6, 6.07) is 7.35. The van der Waals surface area contributed by atoms with Crippen LogP contribution in [0.3, 0.4) is 0 Å². The lowest BCUT2D eigenvalue weighted by atomic mass is 9.93. The molecule has 7 rings (SSSR count). The topological polar surface area (TPSA) is 106 Å². The molecule has 0 spiro atoms. The minimum absolute atomic E-state index is 0.0140. The van der Waals surface area contributed by atoms with Crippen molar-refractivity contribution in [2.24, 2.45) is 0 Å². The summed E-state index contributed by atoms with van der Waals surface area (Å²) in [6.45, 7) is 11.4. The van der Waals surface area contributed by atoms with Crippen molar-refractivity contribution in [3.8, 4) is 39.5 Å². The Labute approximate surface area is 316 Å². The van der Waals surface area contributed by atoms with Crippen LogP contribution in [-0.2, 0) is 20.7 Å². The third-order valence-electron chi connectivity index (χ3n) is 10.4. The summed E-state index contributed by atoms with van der Waals surface area (Å²) in [4.78, 5) is 41.2. The number of rotatable bonds is 10. The molecule has 0 unspecified atom stereocenters. The predicted octanol–water partition coefficient (Wildman–Crippen LogP) is 6.85. The summed E-state index contributed by atoms with van der Waals surface area (Å²) >= 11 is 1.41. The number of carbonyl (C=O) groups is 2. The number of nitrogens with zero attached hydrogens (tertiary/aromatic N) is 7. The first-order valence-electron chi connectivity index (χ1n) is 17.9. The van der Waals surface area contributed by atoms with Crippen LogP contribution in [0.5, 0.6) is 5.75 Å². The number of thiophene rings is 1. The smallest absolute Gasteiger partial charge is 0.246 e. The molecule has 54 heavy (non-hydrogen) atoms. The lowest BCUT2D eigenvalue weighted by Gasteiger charge is -2.36. The van der Waals surface area contributed by atoms with Gasteiger partial charge >= 0.3 is 0 Å². The second-order valence-corrected chi connectivity index (χ2v) is 14.9.